The van der Waals surface area contributed by atoms with Crippen molar-refractivity contribution >= 4 is 17.2 Å². The molecule has 2 aromatic rings. The molecule has 0 bridgehead atoms. The summed E-state index contributed by atoms with van der Waals surface area (Å²) in [7, 11) is 2.03. The molecular weight excluding hydrogens is 270 g/mol. The molecule has 2 aromatic heterocycles. The third kappa shape index (κ3) is 3.55. The van der Waals surface area contributed by atoms with Gasteiger partial charge in [0.05, 0.1) is 24.4 Å². The van der Waals surface area contributed by atoms with Crippen LogP contribution in [0.5, 0.6) is 0 Å². The Bertz CT molecular complexity index is 568. The van der Waals surface area contributed by atoms with Gasteiger partial charge >= 0.3 is 0 Å². The van der Waals surface area contributed by atoms with E-state index in [-0.39, 0.29) is 6.61 Å². The fourth-order valence-electron chi connectivity index (χ4n) is 2.08. The van der Waals surface area contributed by atoms with Gasteiger partial charge in [0.15, 0.2) is 0 Å². The Balaban J connectivity index is 2.22. The van der Waals surface area contributed by atoms with E-state index in [2.05, 4.69) is 21.8 Å². The summed E-state index contributed by atoms with van der Waals surface area (Å²) in [5, 5.41) is 9.38. The Kier molecular flexibility index (Phi) is 5.09. The van der Waals surface area contributed by atoms with Gasteiger partial charge in [0.2, 0.25) is 0 Å². The lowest BCUT2D eigenvalue weighted by molar-refractivity contribution is 0.281. The maximum absolute atomic E-state index is 9.38. The second-order valence-corrected chi connectivity index (χ2v) is 5.89. The van der Waals surface area contributed by atoms with E-state index in [4.69, 9.17) is 0 Å². The minimum Gasteiger partial charge on any atom is -0.392 e. The molecule has 0 spiro atoms. The highest BCUT2D eigenvalue weighted by molar-refractivity contribution is 7.09. The lowest BCUT2D eigenvalue weighted by atomic mass is 10.1. The van der Waals surface area contributed by atoms with Gasteiger partial charge in [0, 0.05) is 17.6 Å². The first-order chi connectivity index (χ1) is 9.63. The molecule has 0 fully saturated rings. The van der Waals surface area contributed by atoms with E-state index in [1.165, 1.54) is 4.88 Å². The minimum atomic E-state index is 0.0552. The van der Waals surface area contributed by atoms with Crippen LogP contribution in [0.4, 0.5) is 5.82 Å². The molecule has 0 aliphatic rings. The van der Waals surface area contributed by atoms with Crippen molar-refractivity contribution in [2.45, 2.75) is 39.8 Å². The van der Waals surface area contributed by atoms with Gasteiger partial charge in [0.1, 0.15) is 5.82 Å². The van der Waals surface area contributed by atoms with Gasteiger partial charge in [-0.3, -0.25) is 0 Å². The zero-order valence-corrected chi connectivity index (χ0v) is 13.1. The molecule has 1 N–H and O–H groups in total. The van der Waals surface area contributed by atoms with Gasteiger partial charge in [-0.25, -0.2) is 9.97 Å². The number of aromatic nitrogens is 2. The van der Waals surface area contributed by atoms with Gasteiger partial charge in [0.25, 0.3) is 0 Å². The van der Waals surface area contributed by atoms with E-state index >= 15 is 0 Å². The Morgan fingerprint density at radius 3 is 2.75 bits per heavy atom. The van der Waals surface area contributed by atoms with Crippen molar-refractivity contribution in [3.63, 3.8) is 0 Å². The van der Waals surface area contributed by atoms with E-state index in [1.54, 1.807) is 11.3 Å². The van der Waals surface area contributed by atoms with Crippen molar-refractivity contribution in [2.75, 3.05) is 11.9 Å². The molecule has 5 heteroatoms. The van der Waals surface area contributed by atoms with E-state index in [1.807, 2.05) is 31.6 Å². The van der Waals surface area contributed by atoms with Gasteiger partial charge in [-0.2, -0.15) is 0 Å². The Morgan fingerprint density at radius 1 is 1.35 bits per heavy atom. The normalized spacial score (nSPS) is 10.8. The number of nitrogens with zero attached hydrogens (tertiary/aromatic N) is 3. The predicted molar refractivity (Wildman–Crippen MR) is 83.1 cm³/mol. The first kappa shape index (κ1) is 14.9. The molecule has 0 amide bonds. The van der Waals surface area contributed by atoms with Crippen molar-refractivity contribution in [3.8, 4) is 0 Å². The quantitative estimate of drug-likeness (QED) is 0.889. The number of pyridine rings is 1. The lowest BCUT2D eigenvalue weighted by Gasteiger charge is -2.19. The molecule has 0 aliphatic heterocycles. The summed E-state index contributed by atoms with van der Waals surface area (Å²) in [5.41, 5.74) is 4.92. The Morgan fingerprint density at radius 2 is 2.15 bits per heavy atom. The SMILES string of the molecule is CCCc1cc(CO)cc(N(C)Cc2scnc2C)n1. The van der Waals surface area contributed by atoms with Crippen LogP contribution >= 0.6 is 11.3 Å². The maximum Gasteiger partial charge on any atom is 0.129 e. The second kappa shape index (κ2) is 6.81. The van der Waals surface area contributed by atoms with Crippen molar-refractivity contribution in [3.05, 3.63) is 39.5 Å². The molecule has 0 atom stereocenters. The maximum atomic E-state index is 9.38. The minimum absolute atomic E-state index is 0.0552. The summed E-state index contributed by atoms with van der Waals surface area (Å²) >= 11 is 1.67. The van der Waals surface area contributed by atoms with Crippen LogP contribution in [-0.4, -0.2) is 22.1 Å². The Labute approximate surface area is 124 Å². The third-order valence-corrected chi connectivity index (χ3v) is 4.15. The van der Waals surface area contributed by atoms with Gasteiger partial charge in [-0.15, -0.1) is 11.3 Å². The van der Waals surface area contributed by atoms with Gasteiger partial charge in [-0.05, 0) is 31.0 Å². The number of rotatable bonds is 6. The number of anilines is 1. The molecule has 20 heavy (non-hydrogen) atoms. The van der Waals surface area contributed by atoms with E-state index < -0.39 is 0 Å². The first-order valence-corrected chi connectivity index (χ1v) is 7.72. The number of aryl methyl sites for hydroxylation is 2. The molecule has 0 aromatic carbocycles. The fraction of sp³-hybridized carbons (Fsp3) is 0.467. The summed E-state index contributed by atoms with van der Waals surface area (Å²) in [6.45, 7) is 5.01. The van der Waals surface area contributed by atoms with Gasteiger partial charge in [-0.1, -0.05) is 13.3 Å². The van der Waals surface area contributed by atoms with Crippen LogP contribution in [0.3, 0.4) is 0 Å². The van der Waals surface area contributed by atoms with Crippen LogP contribution in [0.25, 0.3) is 0 Å². The van der Waals surface area contributed by atoms with E-state index in [0.717, 1.165) is 42.2 Å². The summed E-state index contributed by atoms with van der Waals surface area (Å²) in [5.74, 6) is 0.910. The average molecular weight is 291 g/mol. The summed E-state index contributed by atoms with van der Waals surface area (Å²) in [6.07, 6.45) is 1.99. The molecule has 0 radical (unpaired) electrons. The van der Waals surface area contributed by atoms with Crippen LogP contribution in [-0.2, 0) is 19.6 Å². The van der Waals surface area contributed by atoms with E-state index in [9.17, 15) is 5.11 Å². The predicted octanol–water partition coefficient (Wildman–Crippen LogP) is 2.93. The van der Waals surface area contributed by atoms with Crippen LogP contribution in [0.1, 0.15) is 35.2 Å². The number of hydrogen-bond acceptors (Lipinski definition) is 5. The summed E-state index contributed by atoms with van der Waals surface area (Å²) in [4.78, 5) is 12.3. The standard InChI is InChI=1S/C15H21N3OS/c1-4-5-13-6-12(9-19)7-15(17-13)18(3)8-14-11(2)16-10-20-14/h6-7,10,19H,4-5,8-9H2,1-3H3. The largest absolute Gasteiger partial charge is 0.392 e. The van der Waals surface area contributed by atoms with Gasteiger partial charge < -0.3 is 10.0 Å². The number of aliphatic hydroxyl groups excluding tert-OH is 1. The van der Waals surface area contributed by atoms with Crippen molar-refractivity contribution in [1.29, 1.82) is 0 Å². The number of thiazole rings is 1. The molecule has 0 aliphatic carbocycles. The average Bonchev–Trinajstić information content (AvgIpc) is 2.84. The smallest absolute Gasteiger partial charge is 0.129 e. The molecule has 2 heterocycles. The zero-order chi connectivity index (χ0) is 14.5. The second-order valence-electron chi connectivity index (χ2n) is 4.95. The highest BCUT2D eigenvalue weighted by atomic mass is 32.1. The summed E-state index contributed by atoms with van der Waals surface area (Å²) in [6, 6.07) is 3.94. The van der Waals surface area contributed by atoms with Crippen molar-refractivity contribution in [1.82, 2.24) is 9.97 Å². The zero-order valence-electron chi connectivity index (χ0n) is 12.3. The number of aliphatic hydroxyl groups is 1. The highest BCUT2D eigenvalue weighted by Crippen LogP contribution is 2.20. The molecule has 0 saturated carbocycles. The van der Waals surface area contributed by atoms with Crippen LogP contribution in [0.15, 0.2) is 17.6 Å². The van der Waals surface area contributed by atoms with Crippen molar-refractivity contribution < 1.29 is 5.11 Å². The number of hydrogen-bond donors (Lipinski definition) is 1. The molecule has 4 nitrogen and oxygen atoms in total. The van der Waals surface area contributed by atoms with Crippen LogP contribution in [0, 0.1) is 6.92 Å². The monoisotopic (exact) mass is 291 g/mol. The topological polar surface area (TPSA) is 49.2 Å². The van der Waals surface area contributed by atoms with Crippen LogP contribution < -0.4 is 4.90 Å². The highest BCUT2D eigenvalue weighted by Gasteiger charge is 2.10. The summed E-state index contributed by atoms with van der Waals surface area (Å²) < 4.78 is 0. The molecule has 0 unspecified atom stereocenters. The molecule has 2 rings (SSSR count). The lowest BCUT2D eigenvalue weighted by Crippen LogP contribution is -2.18. The van der Waals surface area contributed by atoms with Crippen molar-refractivity contribution in [2.24, 2.45) is 0 Å². The third-order valence-electron chi connectivity index (χ3n) is 3.23. The first-order valence-electron chi connectivity index (χ1n) is 6.84. The fourth-order valence-corrected chi connectivity index (χ4v) is 2.91. The Hall–Kier alpha value is -1.46. The molecular formula is C15H21N3OS. The van der Waals surface area contributed by atoms with Crippen LogP contribution in [0.2, 0.25) is 0 Å². The molecule has 0 saturated heterocycles. The van der Waals surface area contributed by atoms with E-state index in [0.29, 0.717) is 0 Å². The molecule has 108 valence electrons.